The van der Waals surface area contributed by atoms with Crippen molar-refractivity contribution in [3.05, 3.63) is 22.7 Å². The molecule has 0 saturated carbocycles. The molecule has 16 heavy (non-hydrogen) atoms. The normalized spacial score (nSPS) is 13.6. The Morgan fingerprint density at radius 3 is 2.38 bits per heavy atom. The van der Waals surface area contributed by atoms with Crippen LogP contribution in [0.15, 0.2) is 12.1 Å². The molecule has 0 amide bonds. The molecule has 1 atom stereocenters. The van der Waals surface area contributed by atoms with Gasteiger partial charge in [0.1, 0.15) is 0 Å². The minimum atomic E-state index is -0.167. The lowest BCUT2D eigenvalue weighted by Crippen LogP contribution is -2.26. The zero-order valence-corrected chi connectivity index (χ0v) is 10.8. The molecule has 1 rings (SSSR count). The highest BCUT2D eigenvalue weighted by Gasteiger charge is 2.24. The molecule has 3 N–H and O–H groups in total. The number of ether oxygens (including phenoxy) is 1. The van der Waals surface area contributed by atoms with Crippen LogP contribution in [-0.4, -0.2) is 12.2 Å². The maximum Gasteiger partial charge on any atom is 0.176 e. The highest BCUT2D eigenvalue weighted by molar-refractivity contribution is 6.32. The monoisotopic (exact) mass is 243 g/mol. The van der Waals surface area contributed by atoms with E-state index in [2.05, 4.69) is 0 Å². The third-order valence-electron chi connectivity index (χ3n) is 2.56. The van der Waals surface area contributed by atoms with Crippen LogP contribution in [0.1, 0.15) is 32.4 Å². The van der Waals surface area contributed by atoms with Gasteiger partial charge >= 0.3 is 0 Å². The summed E-state index contributed by atoms with van der Waals surface area (Å²) >= 11 is 5.91. The van der Waals surface area contributed by atoms with E-state index in [1.807, 2.05) is 20.8 Å². The second kappa shape index (κ2) is 4.52. The summed E-state index contributed by atoms with van der Waals surface area (Å²) in [6.07, 6.45) is 0. The molecule has 0 aliphatic rings. The van der Waals surface area contributed by atoms with Crippen molar-refractivity contribution in [2.24, 2.45) is 11.1 Å². The van der Waals surface area contributed by atoms with E-state index in [4.69, 9.17) is 22.1 Å². The molecule has 4 heteroatoms. The number of benzene rings is 1. The van der Waals surface area contributed by atoms with Crippen molar-refractivity contribution in [2.45, 2.75) is 26.8 Å². The first-order chi connectivity index (χ1) is 7.27. The van der Waals surface area contributed by atoms with Crippen LogP contribution in [0.25, 0.3) is 0 Å². The van der Waals surface area contributed by atoms with Crippen molar-refractivity contribution >= 4 is 11.6 Å². The zero-order chi connectivity index (χ0) is 12.5. The number of phenols is 1. The van der Waals surface area contributed by atoms with Gasteiger partial charge in [-0.25, -0.2) is 0 Å². The van der Waals surface area contributed by atoms with E-state index in [0.717, 1.165) is 5.56 Å². The minimum absolute atomic E-state index is 0.0472. The lowest BCUT2D eigenvalue weighted by Gasteiger charge is -2.28. The number of hydrogen-bond donors (Lipinski definition) is 2. The number of halogens is 1. The predicted octanol–water partition coefficient (Wildman–Crippen LogP) is 3.10. The van der Waals surface area contributed by atoms with Crippen LogP contribution in [0.5, 0.6) is 11.5 Å². The smallest absolute Gasteiger partial charge is 0.176 e. The SMILES string of the molecule is COc1cc([C@H](N)C(C)(C)C)cc(Cl)c1O. The number of hydrogen-bond acceptors (Lipinski definition) is 3. The summed E-state index contributed by atoms with van der Waals surface area (Å²) in [6, 6.07) is 3.23. The standard InChI is InChI=1S/C12H18ClNO2/c1-12(2,3)11(14)7-5-8(13)10(15)9(6-7)16-4/h5-6,11,15H,14H2,1-4H3/t11-/m0/s1. The minimum Gasteiger partial charge on any atom is -0.503 e. The first-order valence-electron chi connectivity index (χ1n) is 5.09. The van der Waals surface area contributed by atoms with Crippen molar-refractivity contribution in [1.82, 2.24) is 0 Å². The number of phenolic OH excluding ortho intramolecular Hbond substituents is 1. The van der Waals surface area contributed by atoms with Crippen molar-refractivity contribution in [3.63, 3.8) is 0 Å². The highest BCUT2D eigenvalue weighted by atomic mass is 35.5. The summed E-state index contributed by atoms with van der Waals surface area (Å²) in [7, 11) is 1.48. The number of rotatable bonds is 2. The van der Waals surface area contributed by atoms with Gasteiger partial charge in [0.2, 0.25) is 0 Å². The summed E-state index contributed by atoms with van der Waals surface area (Å²) in [5.74, 6) is 0.302. The van der Waals surface area contributed by atoms with E-state index in [0.29, 0.717) is 5.75 Å². The van der Waals surface area contributed by atoms with Crippen LogP contribution < -0.4 is 10.5 Å². The topological polar surface area (TPSA) is 55.5 Å². The van der Waals surface area contributed by atoms with Crippen molar-refractivity contribution in [3.8, 4) is 11.5 Å². The first-order valence-corrected chi connectivity index (χ1v) is 5.47. The Kier molecular flexibility index (Phi) is 3.71. The molecule has 3 nitrogen and oxygen atoms in total. The van der Waals surface area contributed by atoms with Gasteiger partial charge in [0, 0.05) is 6.04 Å². The molecule has 1 aromatic carbocycles. The molecule has 0 spiro atoms. The lowest BCUT2D eigenvalue weighted by molar-refractivity contribution is 0.324. The Labute approximate surface area is 101 Å². The van der Waals surface area contributed by atoms with Crippen molar-refractivity contribution in [2.75, 3.05) is 7.11 Å². The van der Waals surface area contributed by atoms with Gasteiger partial charge in [-0.05, 0) is 23.1 Å². The molecule has 0 radical (unpaired) electrons. The van der Waals surface area contributed by atoms with Crippen LogP contribution in [0, 0.1) is 5.41 Å². The van der Waals surface area contributed by atoms with Gasteiger partial charge in [0.05, 0.1) is 12.1 Å². The van der Waals surface area contributed by atoms with Gasteiger partial charge in [-0.3, -0.25) is 0 Å². The van der Waals surface area contributed by atoms with Crippen LogP contribution >= 0.6 is 11.6 Å². The molecule has 0 fully saturated rings. The summed E-state index contributed by atoms with van der Waals surface area (Å²) in [4.78, 5) is 0. The van der Waals surface area contributed by atoms with E-state index < -0.39 is 0 Å². The maximum absolute atomic E-state index is 9.61. The van der Waals surface area contributed by atoms with Crippen LogP contribution in [0.4, 0.5) is 0 Å². The average molecular weight is 244 g/mol. The summed E-state index contributed by atoms with van der Waals surface area (Å²) in [6.45, 7) is 6.14. The van der Waals surface area contributed by atoms with Gasteiger partial charge in [0.25, 0.3) is 0 Å². The lowest BCUT2D eigenvalue weighted by atomic mass is 9.83. The van der Waals surface area contributed by atoms with Crippen LogP contribution in [-0.2, 0) is 0 Å². The van der Waals surface area contributed by atoms with E-state index in [-0.39, 0.29) is 22.2 Å². The number of methoxy groups -OCH3 is 1. The predicted molar refractivity (Wildman–Crippen MR) is 66.1 cm³/mol. The fraction of sp³-hybridized carbons (Fsp3) is 0.500. The van der Waals surface area contributed by atoms with Crippen LogP contribution in [0.2, 0.25) is 5.02 Å². The first kappa shape index (κ1) is 13.1. The van der Waals surface area contributed by atoms with Crippen LogP contribution in [0.3, 0.4) is 0 Å². The second-order valence-electron chi connectivity index (χ2n) is 4.90. The second-order valence-corrected chi connectivity index (χ2v) is 5.30. The van der Waals surface area contributed by atoms with Crippen molar-refractivity contribution < 1.29 is 9.84 Å². The molecular formula is C12H18ClNO2. The van der Waals surface area contributed by atoms with Gasteiger partial charge in [0.15, 0.2) is 11.5 Å². The Balaban J connectivity index is 3.21. The van der Waals surface area contributed by atoms with Gasteiger partial charge < -0.3 is 15.6 Å². The molecule has 0 aliphatic carbocycles. The molecule has 0 bridgehead atoms. The fourth-order valence-corrected chi connectivity index (χ4v) is 1.65. The molecule has 0 aliphatic heterocycles. The third kappa shape index (κ3) is 2.60. The summed E-state index contributed by atoms with van der Waals surface area (Å²) in [5, 5.41) is 9.87. The maximum atomic E-state index is 9.61. The summed E-state index contributed by atoms with van der Waals surface area (Å²) in [5.41, 5.74) is 6.89. The Hall–Kier alpha value is -0.930. The highest BCUT2D eigenvalue weighted by Crippen LogP contribution is 2.39. The van der Waals surface area contributed by atoms with Crippen molar-refractivity contribution in [1.29, 1.82) is 0 Å². The number of aromatic hydroxyl groups is 1. The fourth-order valence-electron chi connectivity index (χ4n) is 1.43. The molecule has 0 saturated heterocycles. The summed E-state index contributed by atoms with van der Waals surface area (Å²) < 4.78 is 5.04. The Morgan fingerprint density at radius 1 is 1.38 bits per heavy atom. The molecule has 0 heterocycles. The van der Waals surface area contributed by atoms with Gasteiger partial charge in [-0.1, -0.05) is 32.4 Å². The quantitative estimate of drug-likeness (QED) is 0.839. The molecular weight excluding hydrogens is 226 g/mol. The molecule has 0 aromatic heterocycles. The Bertz CT molecular complexity index is 385. The zero-order valence-electron chi connectivity index (χ0n) is 10.0. The van der Waals surface area contributed by atoms with E-state index in [1.165, 1.54) is 7.11 Å². The van der Waals surface area contributed by atoms with E-state index >= 15 is 0 Å². The van der Waals surface area contributed by atoms with Gasteiger partial charge in [-0.15, -0.1) is 0 Å². The van der Waals surface area contributed by atoms with E-state index in [9.17, 15) is 5.11 Å². The number of nitrogens with two attached hydrogens (primary N) is 1. The van der Waals surface area contributed by atoms with Gasteiger partial charge in [-0.2, -0.15) is 0 Å². The Morgan fingerprint density at radius 2 is 1.94 bits per heavy atom. The largest absolute Gasteiger partial charge is 0.503 e. The average Bonchev–Trinajstić information content (AvgIpc) is 2.19. The molecule has 90 valence electrons. The van der Waals surface area contributed by atoms with E-state index in [1.54, 1.807) is 12.1 Å². The molecule has 1 aromatic rings. The molecule has 0 unspecified atom stereocenters. The third-order valence-corrected chi connectivity index (χ3v) is 2.85.